The average molecular weight is 150 g/mol. The van der Waals surface area contributed by atoms with Gasteiger partial charge in [-0.25, -0.2) is 4.98 Å². The van der Waals surface area contributed by atoms with Gasteiger partial charge in [-0.15, -0.1) is 0 Å². The van der Waals surface area contributed by atoms with Gasteiger partial charge in [0.25, 0.3) is 0 Å². The average Bonchev–Trinajstić information content (AvgIpc) is 2.35. The Labute approximate surface area is 65.1 Å². The van der Waals surface area contributed by atoms with E-state index in [1.54, 1.807) is 6.33 Å². The van der Waals surface area contributed by atoms with Crippen molar-refractivity contribution < 1.29 is 4.79 Å². The van der Waals surface area contributed by atoms with Gasteiger partial charge in [-0.05, 0) is 12.8 Å². The van der Waals surface area contributed by atoms with Crippen molar-refractivity contribution in [2.45, 2.75) is 19.3 Å². The number of hydrogen-bond donors (Lipinski definition) is 0. The minimum absolute atomic E-state index is 0.201. The van der Waals surface area contributed by atoms with Crippen molar-refractivity contribution in [2.24, 2.45) is 7.05 Å². The zero-order chi connectivity index (χ0) is 7.84. The van der Waals surface area contributed by atoms with Crippen LogP contribution in [0.2, 0.25) is 0 Å². The molecule has 3 heteroatoms. The van der Waals surface area contributed by atoms with Crippen molar-refractivity contribution in [3.63, 3.8) is 0 Å². The number of Topliss-reactive ketones (excluding diaryl/α,β-unsaturated/α-hetero) is 1. The van der Waals surface area contributed by atoms with Crippen molar-refractivity contribution in [1.82, 2.24) is 9.55 Å². The third-order valence-electron chi connectivity index (χ3n) is 2.14. The molecule has 1 aromatic heterocycles. The maximum Gasteiger partial charge on any atom is 0.183 e. The van der Waals surface area contributed by atoms with E-state index in [0.717, 1.165) is 18.5 Å². The lowest BCUT2D eigenvalue weighted by Crippen LogP contribution is -2.12. The summed E-state index contributed by atoms with van der Waals surface area (Å²) in [5, 5.41) is 0. The Morgan fingerprint density at radius 3 is 3.09 bits per heavy atom. The molecule has 0 aliphatic heterocycles. The van der Waals surface area contributed by atoms with E-state index in [-0.39, 0.29) is 5.78 Å². The standard InChI is InChI=1S/C8H10N2O/c1-10-5-9-8-6(10)3-2-4-7(8)11/h5H,2-4H2,1H3. The van der Waals surface area contributed by atoms with Gasteiger partial charge in [0.15, 0.2) is 5.78 Å². The molecule has 0 fully saturated rings. The van der Waals surface area contributed by atoms with Gasteiger partial charge >= 0.3 is 0 Å². The summed E-state index contributed by atoms with van der Waals surface area (Å²) in [6.07, 6.45) is 4.36. The molecule has 0 bridgehead atoms. The van der Waals surface area contributed by atoms with E-state index in [1.807, 2.05) is 11.6 Å². The summed E-state index contributed by atoms with van der Waals surface area (Å²) in [7, 11) is 1.93. The third kappa shape index (κ3) is 0.878. The van der Waals surface area contributed by atoms with E-state index < -0.39 is 0 Å². The van der Waals surface area contributed by atoms with Crippen LogP contribution in [-0.4, -0.2) is 15.3 Å². The number of aryl methyl sites for hydroxylation is 1. The minimum Gasteiger partial charge on any atom is -0.337 e. The van der Waals surface area contributed by atoms with Gasteiger partial charge in [0.1, 0.15) is 5.69 Å². The molecule has 0 N–H and O–H groups in total. The van der Waals surface area contributed by atoms with Crippen molar-refractivity contribution in [1.29, 1.82) is 0 Å². The van der Waals surface area contributed by atoms with Crippen LogP contribution in [0.25, 0.3) is 0 Å². The zero-order valence-corrected chi connectivity index (χ0v) is 6.50. The monoisotopic (exact) mass is 150 g/mol. The van der Waals surface area contributed by atoms with Crippen molar-refractivity contribution in [2.75, 3.05) is 0 Å². The lowest BCUT2D eigenvalue weighted by molar-refractivity contribution is 0.0967. The summed E-state index contributed by atoms with van der Waals surface area (Å²) in [5.74, 6) is 0.201. The molecule has 0 saturated heterocycles. The minimum atomic E-state index is 0.201. The predicted octanol–water partition coefficient (Wildman–Crippen LogP) is 0.939. The summed E-state index contributed by atoms with van der Waals surface area (Å²) >= 11 is 0. The van der Waals surface area contributed by atoms with Crippen LogP contribution in [0.1, 0.15) is 29.0 Å². The van der Waals surface area contributed by atoms with Gasteiger partial charge in [-0.1, -0.05) is 0 Å². The third-order valence-corrected chi connectivity index (χ3v) is 2.14. The molecule has 2 rings (SSSR count). The number of hydrogen-bond acceptors (Lipinski definition) is 2. The molecule has 1 heterocycles. The van der Waals surface area contributed by atoms with Crippen LogP contribution in [0.15, 0.2) is 6.33 Å². The number of carbonyl (C=O) groups excluding carboxylic acids is 1. The molecular weight excluding hydrogens is 140 g/mol. The Morgan fingerprint density at radius 1 is 1.55 bits per heavy atom. The number of aromatic nitrogens is 2. The number of fused-ring (bicyclic) bond motifs is 1. The Morgan fingerprint density at radius 2 is 2.36 bits per heavy atom. The fourth-order valence-electron chi connectivity index (χ4n) is 1.52. The molecule has 1 aliphatic carbocycles. The molecule has 0 atom stereocenters. The number of imidazole rings is 1. The first-order valence-electron chi connectivity index (χ1n) is 3.82. The molecule has 0 spiro atoms. The van der Waals surface area contributed by atoms with Gasteiger partial charge in [0.05, 0.1) is 6.33 Å². The largest absolute Gasteiger partial charge is 0.337 e. The highest BCUT2D eigenvalue weighted by atomic mass is 16.1. The highest BCUT2D eigenvalue weighted by Crippen LogP contribution is 2.18. The van der Waals surface area contributed by atoms with Gasteiger partial charge < -0.3 is 4.57 Å². The number of carbonyl (C=O) groups is 1. The smallest absolute Gasteiger partial charge is 0.183 e. The first-order chi connectivity index (χ1) is 5.29. The van der Waals surface area contributed by atoms with Crippen LogP contribution < -0.4 is 0 Å². The van der Waals surface area contributed by atoms with E-state index >= 15 is 0 Å². The van der Waals surface area contributed by atoms with Crippen LogP contribution >= 0.6 is 0 Å². The van der Waals surface area contributed by atoms with Crippen LogP contribution in [0.4, 0.5) is 0 Å². The summed E-state index contributed by atoms with van der Waals surface area (Å²) in [6.45, 7) is 0. The number of nitrogens with zero attached hydrogens (tertiary/aromatic N) is 2. The fraction of sp³-hybridized carbons (Fsp3) is 0.500. The zero-order valence-electron chi connectivity index (χ0n) is 6.50. The second-order valence-electron chi connectivity index (χ2n) is 2.93. The summed E-state index contributed by atoms with van der Waals surface area (Å²) in [6, 6.07) is 0. The second-order valence-corrected chi connectivity index (χ2v) is 2.93. The molecular formula is C8H10N2O. The van der Waals surface area contributed by atoms with Crippen LogP contribution in [0.5, 0.6) is 0 Å². The Hall–Kier alpha value is -1.12. The van der Waals surface area contributed by atoms with E-state index in [2.05, 4.69) is 4.98 Å². The quantitative estimate of drug-likeness (QED) is 0.551. The number of ketones is 1. The molecule has 0 aromatic carbocycles. The summed E-state index contributed by atoms with van der Waals surface area (Å²) < 4.78 is 1.94. The van der Waals surface area contributed by atoms with Gasteiger partial charge in [0, 0.05) is 19.2 Å². The van der Waals surface area contributed by atoms with Crippen molar-refractivity contribution in [3.8, 4) is 0 Å². The van der Waals surface area contributed by atoms with Crippen LogP contribution in [0, 0.1) is 0 Å². The normalized spacial score (nSPS) is 16.6. The first-order valence-corrected chi connectivity index (χ1v) is 3.82. The molecule has 0 unspecified atom stereocenters. The molecule has 1 aromatic rings. The Kier molecular flexibility index (Phi) is 1.31. The Bertz CT molecular complexity index is 301. The van der Waals surface area contributed by atoms with Gasteiger partial charge in [0.2, 0.25) is 0 Å². The topological polar surface area (TPSA) is 34.9 Å². The summed E-state index contributed by atoms with van der Waals surface area (Å²) in [4.78, 5) is 15.3. The van der Waals surface area contributed by atoms with Gasteiger partial charge in [-0.3, -0.25) is 4.79 Å². The molecule has 11 heavy (non-hydrogen) atoms. The lowest BCUT2D eigenvalue weighted by atomic mass is 10.00. The Balaban J connectivity index is 2.55. The summed E-state index contributed by atoms with van der Waals surface area (Å²) in [5.41, 5.74) is 1.79. The first kappa shape index (κ1) is 6.58. The van der Waals surface area contributed by atoms with Crippen LogP contribution in [-0.2, 0) is 13.5 Å². The van der Waals surface area contributed by atoms with E-state index in [0.29, 0.717) is 12.1 Å². The lowest BCUT2D eigenvalue weighted by Gasteiger charge is -2.09. The second kappa shape index (κ2) is 2.19. The maximum absolute atomic E-state index is 11.2. The molecule has 0 amide bonds. The maximum atomic E-state index is 11.2. The molecule has 58 valence electrons. The van der Waals surface area contributed by atoms with Gasteiger partial charge in [-0.2, -0.15) is 0 Å². The fourth-order valence-corrected chi connectivity index (χ4v) is 1.52. The number of rotatable bonds is 0. The van der Waals surface area contributed by atoms with E-state index in [4.69, 9.17) is 0 Å². The van der Waals surface area contributed by atoms with Crippen molar-refractivity contribution >= 4 is 5.78 Å². The SMILES string of the molecule is Cn1cnc2c1CCCC2=O. The molecule has 0 radical (unpaired) electrons. The predicted molar refractivity (Wildman–Crippen MR) is 40.5 cm³/mol. The molecule has 3 nitrogen and oxygen atoms in total. The van der Waals surface area contributed by atoms with Crippen molar-refractivity contribution in [3.05, 3.63) is 17.7 Å². The molecule has 1 aliphatic rings. The van der Waals surface area contributed by atoms with E-state index in [9.17, 15) is 4.79 Å². The van der Waals surface area contributed by atoms with E-state index in [1.165, 1.54) is 0 Å². The van der Waals surface area contributed by atoms with Crippen LogP contribution in [0.3, 0.4) is 0 Å². The highest BCUT2D eigenvalue weighted by Gasteiger charge is 2.20. The highest BCUT2D eigenvalue weighted by molar-refractivity contribution is 5.96. The molecule has 0 saturated carbocycles.